The van der Waals surface area contributed by atoms with Gasteiger partial charge in [-0.25, -0.2) is 9.69 Å². The Labute approximate surface area is 202 Å². The normalized spacial score (nSPS) is 12.4. The van der Waals surface area contributed by atoms with Gasteiger partial charge in [0.1, 0.15) is 5.75 Å². The number of carbonyl (C=O) groups is 4. The maximum absolute atomic E-state index is 13.1. The minimum absolute atomic E-state index is 0.0647. The van der Waals surface area contributed by atoms with Gasteiger partial charge in [-0.3, -0.25) is 14.4 Å². The molecule has 0 atom stereocenters. The van der Waals surface area contributed by atoms with Crippen LogP contribution >= 0.6 is 0 Å². The molecular weight excluding hydrogens is 448 g/mol. The Kier molecular flexibility index (Phi) is 6.64. The predicted octanol–water partition coefficient (Wildman–Crippen LogP) is 4.30. The topological polar surface area (TPSA) is 102 Å². The summed E-state index contributed by atoms with van der Waals surface area (Å²) in [5.74, 6) is -1.80. The molecule has 3 aromatic rings. The van der Waals surface area contributed by atoms with E-state index < -0.39 is 30.3 Å². The second kappa shape index (κ2) is 9.80. The van der Waals surface area contributed by atoms with E-state index in [0.717, 1.165) is 16.0 Å². The number of anilines is 2. The Morgan fingerprint density at radius 2 is 1.66 bits per heavy atom. The lowest BCUT2D eigenvalue weighted by atomic mass is 10.1. The van der Waals surface area contributed by atoms with E-state index in [4.69, 9.17) is 9.47 Å². The summed E-state index contributed by atoms with van der Waals surface area (Å²) in [5, 5.41) is 2.64. The fourth-order valence-corrected chi connectivity index (χ4v) is 3.89. The van der Waals surface area contributed by atoms with Gasteiger partial charge in [0.25, 0.3) is 17.7 Å². The van der Waals surface area contributed by atoms with E-state index >= 15 is 0 Å². The van der Waals surface area contributed by atoms with Crippen molar-refractivity contribution in [3.63, 3.8) is 0 Å². The molecule has 3 aromatic carbocycles. The van der Waals surface area contributed by atoms with Crippen LogP contribution in [0.25, 0.3) is 0 Å². The van der Waals surface area contributed by atoms with Crippen LogP contribution in [0.3, 0.4) is 0 Å². The average Bonchev–Trinajstić information content (AvgIpc) is 3.08. The van der Waals surface area contributed by atoms with E-state index in [2.05, 4.69) is 5.32 Å². The van der Waals surface area contributed by atoms with Gasteiger partial charge >= 0.3 is 5.97 Å². The molecule has 3 amide bonds. The third-order valence-electron chi connectivity index (χ3n) is 5.51. The molecule has 35 heavy (non-hydrogen) atoms. The number of amides is 3. The van der Waals surface area contributed by atoms with Crippen LogP contribution < -0.4 is 15.0 Å². The van der Waals surface area contributed by atoms with Gasteiger partial charge < -0.3 is 14.8 Å². The molecule has 8 heteroatoms. The molecule has 1 N–H and O–H groups in total. The Morgan fingerprint density at radius 1 is 0.914 bits per heavy atom. The second-order valence-corrected chi connectivity index (χ2v) is 8.05. The first-order valence-corrected chi connectivity index (χ1v) is 11.1. The van der Waals surface area contributed by atoms with Gasteiger partial charge in [-0.05, 0) is 62.7 Å². The number of rotatable bonds is 7. The molecule has 1 heterocycles. The summed E-state index contributed by atoms with van der Waals surface area (Å²) in [7, 11) is 0. The van der Waals surface area contributed by atoms with Crippen LogP contribution in [0.15, 0.2) is 60.7 Å². The van der Waals surface area contributed by atoms with Crippen LogP contribution in [0.5, 0.6) is 5.75 Å². The summed E-state index contributed by atoms with van der Waals surface area (Å²) in [6.07, 6.45) is 0. The maximum atomic E-state index is 13.1. The monoisotopic (exact) mass is 472 g/mol. The third-order valence-corrected chi connectivity index (χ3v) is 5.51. The summed E-state index contributed by atoms with van der Waals surface area (Å²) in [4.78, 5) is 51.9. The van der Waals surface area contributed by atoms with Gasteiger partial charge in [-0.1, -0.05) is 29.8 Å². The third kappa shape index (κ3) is 4.77. The summed E-state index contributed by atoms with van der Waals surface area (Å²) < 4.78 is 10.6. The van der Waals surface area contributed by atoms with E-state index in [1.807, 2.05) is 32.9 Å². The number of esters is 1. The number of nitrogens with one attached hydrogen (secondary N) is 1. The SMILES string of the molecule is CCOc1ccccc1NC(=O)COC(=O)c1ccc2c(c1)C(=O)N(c1ccc(C)cc1C)C2=O. The minimum Gasteiger partial charge on any atom is -0.492 e. The van der Waals surface area contributed by atoms with Crippen LogP contribution in [-0.2, 0) is 9.53 Å². The van der Waals surface area contributed by atoms with Crippen LogP contribution in [0.4, 0.5) is 11.4 Å². The lowest BCUT2D eigenvalue weighted by Gasteiger charge is -2.16. The number of aryl methyl sites for hydroxylation is 2. The molecule has 0 fully saturated rings. The molecule has 0 spiro atoms. The summed E-state index contributed by atoms with van der Waals surface area (Å²) in [6.45, 7) is 5.48. The van der Waals surface area contributed by atoms with Crippen LogP contribution in [0.1, 0.15) is 49.1 Å². The molecule has 0 unspecified atom stereocenters. The zero-order valence-corrected chi connectivity index (χ0v) is 19.6. The van der Waals surface area contributed by atoms with Crippen molar-refractivity contribution in [2.45, 2.75) is 20.8 Å². The molecule has 0 aromatic heterocycles. The first-order valence-electron chi connectivity index (χ1n) is 11.1. The molecule has 8 nitrogen and oxygen atoms in total. The molecule has 0 saturated heterocycles. The van der Waals surface area contributed by atoms with Gasteiger partial charge in [0.15, 0.2) is 6.61 Å². The zero-order valence-electron chi connectivity index (χ0n) is 19.6. The number of hydrogen-bond donors (Lipinski definition) is 1. The van der Waals surface area contributed by atoms with Crippen molar-refractivity contribution < 1.29 is 28.7 Å². The van der Waals surface area contributed by atoms with Crippen LogP contribution in [0, 0.1) is 13.8 Å². The largest absolute Gasteiger partial charge is 0.492 e. The van der Waals surface area contributed by atoms with Gasteiger partial charge in [0, 0.05) is 0 Å². The summed E-state index contributed by atoms with van der Waals surface area (Å²) in [5.41, 5.74) is 3.14. The number of imide groups is 1. The van der Waals surface area contributed by atoms with Crippen LogP contribution in [0.2, 0.25) is 0 Å². The Hall–Kier alpha value is -4.46. The zero-order chi connectivity index (χ0) is 25.1. The summed E-state index contributed by atoms with van der Waals surface area (Å²) in [6, 6.07) is 16.5. The van der Waals surface area contributed by atoms with Crippen molar-refractivity contribution in [2.24, 2.45) is 0 Å². The highest BCUT2D eigenvalue weighted by molar-refractivity contribution is 6.35. The van der Waals surface area contributed by atoms with Gasteiger partial charge in [0.05, 0.1) is 34.7 Å². The standard InChI is InChI=1S/C27H24N2O6/c1-4-34-23-8-6-5-7-21(23)28-24(30)15-35-27(33)18-10-11-19-20(14-18)26(32)29(25(19)31)22-12-9-16(2)13-17(22)3/h5-14H,4,15H2,1-3H3,(H,28,30). The van der Waals surface area contributed by atoms with E-state index in [0.29, 0.717) is 23.7 Å². The predicted molar refractivity (Wildman–Crippen MR) is 130 cm³/mol. The highest BCUT2D eigenvalue weighted by atomic mass is 16.5. The van der Waals surface area contributed by atoms with Crippen molar-refractivity contribution in [1.29, 1.82) is 0 Å². The van der Waals surface area contributed by atoms with Crippen LogP contribution in [-0.4, -0.2) is 36.9 Å². The number of nitrogens with zero attached hydrogens (tertiary/aromatic N) is 1. The maximum Gasteiger partial charge on any atom is 0.338 e. The average molecular weight is 472 g/mol. The molecular formula is C27H24N2O6. The molecule has 0 bridgehead atoms. The van der Waals surface area contributed by atoms with Crippen molar-refractivity contribution in [2.75, 3.05) is 23.4 Å². The molecule has 4 rings (SSSR count). The quantitative estimate of drug-likeness (QED) is 0.406. The fourth-order valence-electron chi connectivity index (χ4n) is 3.89. The van der Waals surface area contributed by atoms with E-state index in [9.17, 15) is 19.2 Å². The lowest BCUT2D eigenvalue weighted by molar-refractivity contribution is -0.119. The highest BCUT2D eigenvalue weighted by Gasteiger charge is 2.38. The number of para-hydroxylation sites is 2. The van der Waals surface area contributed by atoms with E-state index in [1.54, 1.807) is 30.3 Å². The number of fused-ring (bicyclic) bond motifs is 1. The highest BCUT2D eigenvalue weighted by Crippen LogP contribution is 2.31. The minimum atomic E-state index is -0.786. The van der Waals surface area contributed by atoms with Crippen molar-refractivity contribution >= 4 is 35.1 Å². The molecule has 1 aliphatic rings. The number of ether oxygens (including phenoxy) is 2. The van der Waals surface area contributed by atoms with Crippen molar-refractivity contribution in [3.8, 4) is 5.75 Å². The van der Waals surface area contributed by atoms with E-state index in [1.165, 1.54) is 18.2 Å². The number of benzene rings is 3. The van der Waals surface area contributed by atoms with Crippen molar-refractivity contribution in [1.82, 2.24) is 0 Å². The molecule has 1 aliphatic heterocycles. The Bertz CT molecular complexity index is 1350. The molecule has 0 aliphatic carbocycles. The first kappa shape index (κ1) is 23.7. The number of hydrogen-bond acceptors (Lipinski definition) is 6. The van der Waals surface area contributed by atoms with Gasteiger partial charge in [-0.2, -0.15) is 0 Å². The second-order valence-electron chi connectivity index (χ2n) is 8.05. The Balaban J connectivity index is 1.45. The molecule has 0 radical (unpaired) electrons. The summed E-state index contributed by atoms with van der Waals surface area (Å²) >= 11 is 0. The molecule has 0 saturated carbocycles. The first-order chi connectivity index (χ1) is 16.8. The van der Waals surface area contributed by atoms with Gasteiger partial charge in [-0.15, -0.1) is 0 Å². The Morgan fingerprint density at radius 3 is 2.40 bits per heavy atom. The smallest absolute Gasteiger partial charge is 0.338 e. The van der Waals surface area contributed by atoms with Crippen molar-refractivity contribution in [3.05, 3.63) is 88.5 Å². The van der Waals surface area contributed by atoms with E-state index in [-0.39, 0.29) is 16.7 Å². The number of carbonyl (C=O) groups excluding carboxylic acids is 4. The van der Waals surface area contributed by atoms with Gasteiger partial charge in [0.2, 0.25) is 0 Å². The fraction of sp³-hybridized carbons (Fsp3) is 0.185. The molecule has 178 valence electrons. The lowest BCUT2D eigenvalue weighted by Crippen LogP contribution is -2.30.